The first-order chi connectivity index (χ1) is 16.9. The van der Waals surface area contributed by atoms with Crippen molar-refractivity contribution in [3.05, 3.63) is 131 Å². The quantitative estimate of drug-likeness (QED) is 0.351. The number of fused-ring (bicyclic) bond motifs is 2. The van der Waals surface area contributed by atoms with Crippen LogP contribution in [0.2, 0.25) is 0 Å². The van der Waals surface area contributed by atoms with Crippen molar-refractivity contribution < 1.29 is 14.2 Å². The largest absolute Gasteiger partial charge is 0.462 e. The molecule has 1 N–H and O–H groups in total. The maximum absolute atomic E-state index is 13.3. The molecule has 0 aliphatic carbocycles. The Morgan fingerprint density at radius 3 is 2.29 bits per heavy atom. The molecule has 0 fully saturated rings. The van der Waals surface area contributed by atoms with Crippen molar-refractivity contribution in [2.75, 3.05) is 4.90 Å². The Bertz CT molecular complexity index is 1430. The molecule has 0 saturated heterocycles. The molecule has 2 heterocycles. The zero-order valence-corrected chi connectivity index (χ0v) is 19.7. The SMILES string of the molecule is CC1(C)c2ccccc2N(c2ccccc2)C12C=Cc1cc(C(O)c3ccc(F)cc3)ccc1O2. The van der Waals surface area contributed by atoms with Gasteiger partial charge >= 0.3 is 0 Å². The van der Waals surface area contributed by atoms with Gasteiger partial charge in [-0.05, 0) is 85.2 Å². The van der Waals surface area contributed by atoms with Gasteiger partial charge in [0.15, 0.2) is 0 Å². The second-order valence-electron chi connectivity index (χ2n) is 9.70. The van der Waals surface area contributed by atoms with Gasteiger partial charge in [0.1, 0.15) is 17.7 Å². The van der Waals surface area contributed by atoms with E-state index in [4.69, 9.17) is 4.74 Å². The molecule has 2 unspecified atom stereocenters. The van der Waals surface area contributed by atoms with E-state index in [0.29, 0.717) is 5.56 Å². The Balaban J connectivity index is 1.43. The minimum Gasteiger partial charge on any atom is -0.462 e. The molecule has 3 nitrogen and oxygen atoms in total. The Morgan fingerprint density at radius 2 is 1.51 bits per heavy atom. The van der Waals surface area contributed by atoms with Crippen LogP contribution >= 0.6 is 0 Å². The Kier molecular flexibility index (Phi) is 4.83. The van der Waals surface area contributed by atoms with Gasteiger partial charge < -0.3 is 9.84 Å². The number of nitrogens with zero attached hydrogens (tertiary/aromatic N) is 1. The molecule has 4 aromatic carbocycles. The molecule has 2 aliphatic heterocycles. The van der Waals surface area contributed by atoms with Crippen molar-refractivity contribution >= 4 is 17.5 Å². The van der Waals surface area contributed by atoms with Crippen LogP contribution in [-0.4, -0.2) is 10.8 Å². The normalized spacial score (nSPS) is 20.3. The molecule has 35 heavy (non-hydrogen) atoms. The Hall–Kier alpha value is -3.89. The summed E-state index contributed by atoms with van der Waals surface area (Å²) in [4.78, 5) is 2.28. The van der Waals surface area contributed by atoms with E-state index < -0.39 is 11.8 Å². The van der Waals surface area contributed by atoms with Gasteiger partial charge in [0.05, 0.1) is 5.41 Å². The van der Waals surface area contributed by atoms with Gasteiger partial charge in [-0.1, -0.05) is 54.6 Å². The van der Waals surface area contributed by atoms with E-state index in [1.807, 2.05) is 36.4 Å². The summed E-state index contributed by atoms with van der Waals surface area (Å²) in [6, 6.07) is 30.5. The van der Waals surface area contributed by atoms with Crippen molar-refractivity contribution in [1.82, 2.24) is 0 Å². The number of ether oxygens (including phenoxy) is 1. The van der Waals surface area contributed by atoms with Gasteiger partial charge in [-0.2, -0.15) is 0 Å². The Morgan fingerprint density at radius 1 is 0.829 bits per heavy atom. The average molecular weight is 464 g/mol. The van der Waals surface area contributed by atoms with E-state index in [0.717, 1.165) is 28.3 Å². The van der Waals surface area contributed by atoms with Crippen LogP contribution in [0.25, 0.3) is 6.08 Å². The van der Waals surface area contributed by atoms with Crippen LogP contribution in [-0.2, 0) is 5.41 Å². The summed E-state index contributed by atoms with van der Waals surface area (Å²) in [7, 11) is 0. The van der Waals surface area contributed by atoms with Crippen LogP contribution in [0.15, 0.2) is 103 Å². The molecule has 0 radical (unpaired) electrons. The monoisotopic (exact) mass is 463 g/mol. The second-order valence-corrected chi connectivity index (χ2v) is 9.70. The van der Waals surface area contributed by atoms with Crippen molar-refractivity contribution in [1.29, 1.82) is 0 Å². The van der Waals surface area contributed by atoms with Crippen molar-refractivity contribution in [2.45, 2.75) is 31.1 Å². The lowest BCUT2D eigenvalue weighted by Gasteiger charge is -2.47. The van der Waals surface area contributed by atoms with E-state index in [9.17, 15) is 9.50 Å². The number of rotatable bonds is 3. The van der Waals surface area contributed by atoms with Gasteiger partial charge in [0.2, 0.25) is 5.72 Å². The van der Waals surface area contributed by atoms with Gasteiger partial charge in [0, 0.05) is 16.9 Å². The zero-order chi connectivity index (χ0) is 24.2. The number of para-hydroxylation sites is 2. The lowest BCUT2D eigenvalue weighted by atomic mass is 9.76. The average Bonchev–Trinajstić information content (AvgIpc) is 3.07. The highest BCUT2D eigenvalue weighted by molar-refractivity contribution is 5.79. The van der Waals surface area contributed by atoms with Crippen LogP contribution in [0.3, 0.4) is 0 Å². The minimum atomic E-state index is -0.849. The highest BCUT2D eigenvalue weighted by atomic mass is 19.1. The number of aliphatic hydroxyl groups is 1. The molecule has 0 amide bonds. The summed E-state index contributed by atoms with van der Waals surface area (Å²) in [6.45, 7) is 4.44. The van der Waals surface area contributed by atoms with E-state index in [1.54, 1.807) is 12.1 Å². The summed E-state index contributed by atoms with van der Waals surface area (Å²) >= 11 is 0. The van der Waals surface area contributed by atoms with Crippen molar-refractivity contribution in [2.24, 2.45) is 0 Å². The molecular formula is C31H26FNO2. The van der Waals surface area contributed by atoms with E-state index in [-0.39, 0.29) is 11.2 Å². The first-order valence-electron chi connectivity index (χ1n) is 11.8. The first-order valence-corrected chi connectivity index (χ1v) is 11.8. The fourth-order valence-corrected chi connectivity index (χ4v) is 5.41. The predicted octanol–water partition coefficient (Wildman–Crippen LogP) is 7.14. The van der Waals surface area contributed by atoms with Gasteiger partial charge in [-0.25, -0.2) is 4.39 Å². The van der Waals surface area contributed by atoms with Crippen LogP contribution in [0.5, 0.6) is 5.75 Å². The summed E-state index contributed by atoms with van der Waals surface area (Å²) in [5, 5.41) is 10.9. The van der Waals surface area contributed by atoms with Gasteiger partial charge in [0.25, 0.3) is 0 Å². The van der Waals surface area contributed by atoms with E-state index >= 15 is 0 Å². The number of aliphatic hydroxyl groups excluding tert-OH is 1. The zero-order valence-electron chi connectivity index (χ0n) is 19.7. The highest BCUT2D eigenvalue weighted by Crippen LogP contribution is 2.57. The fourth-order valence-electron chi connectivity index (χ4n) is 5.41. The third-order valence-electron chi connectivity index (χ3n) is 7.35. The second kappa shape index (κ2) is 7.82. The number of anilines is 2. The van der Waals surface area contributed by atoms with Crippen LogP contribution in [0, 0.1) is 5.82 Å². The molecule has 174 valence electrons. The maximum atomic E-state index is 13.3. The van der Waals surface area contributed by atoms with Crippen LogP contribution < -0.4 is 9.64 Å². The van der Waals surface area contributed by atoms with Crippen LogP contribution in [0.1, 0.15) is 42.2 Å². The molecule has 4 heteroatoms. The molecule has 4 aromatic rings. The molecular weight excluding hydrogens is 437 g/mol. The molecule has 2 aliphatic rings. The number of hydrogen-bond acceptors (Lipinski definition) is 3. The Labute approximate surface area is 204 Å². The third-order valence-corrected chi connectivity index (χ3v) is 7.35. The molecule has 1 spiro atoms. The molecule has 2 atom stereocenters. The summed E-state index contributed by atoms with van der Waals surface area (Å²) in [5.74, 6) is 0.431. The number of benzene rings is 4. The topological polar surface area (TPSA) is 32.7 Å². The van der Waals surface area contributed by atoms with Crippen molar-refractivity contribution in [3.63, 3.8) is 0 Å². The smallest absolute Gasteiger partial charge is 0.216 e. The van der Waals surface area contributed by atoms with Crippen molar-refractivity contribution in [3.8, 4) is 5.75 Å². The highest BCUT2D eigenvalue weighted by Gasteiger charge is 2.59. The van der Waals surface area contributed by atoms with Crippen LogP contribution in [0.4, 0.5) is 15.8 Å². The predicted molar refractivity (Wildman–Crippen MR) is 137 cm³/mol. The minimum absolute atomic E-state index is 0.323. The van der Waals surface area contributed by atoms with E-state index in [2.05, 4.69) is 67.3 Å². The lowest BCUT2D eigenvalue weighted by molar-refractivity contribution is 0.0629. The summed E-state index contributed by atoms with van der Waals surface area (Å²) in [6.07, 6.45) is 3.37. The van der Waals surface area contributed by atoms with Gasteiger partial charge in [-0.3, -0.25) is 4.90 Å². The van der Waals surface area contributed by atoms with Gasteiger partial charge in [-0.15, -0.1) is 0 Å². The summed E-state index contributed by atoms with van der Waals surface area (Å²) < 4.78 is 20.2. The first kappa shape index (κ1) is 21.6. The third kappa shape index (κ3) is 3.21. The number of halogens is 1. The lowest BCUT2D eigenvalue weighted by Crippen LogP contribution is -2.57. The number of hydrogen-bond donors (Lipinski definition) is 1. The molecule has 0 bridgehead atoms. The molecule has 0 saturated carbocycles. The summed E-state index contributed by atoms with van der Waals surface area (Å²) in [5.41, 5.74) is 4.57. The molecule has 6 rings (SSSR count). The van der Waals surface area contributed by atoms with E-state index in [1.165, 1.54) is 17.7 Å². The molecule has 0 aromatic heterocycles. The standard InChI is InChI=1S/C31H26FNO2/c1-30(2)26-10-6-7-11-27(26)33(25-8-4-3-5-9-25)31(30)19-18-22-20-23(14-17-28(22)35-31)29(34)21-12-15-24(32)16-13-21/h3-20,29,34H,1-2H3. The maximum Gasteiger partial charge on any atom is 0.216 e. The fraction of sp³-hybridized carbons (Fsp3) is 0.161.